The molecule has 0 bridgehead atoms. The molecule has 0 fully saturated rings. The number of fused-ring (bicyclic) bond motifs is 1. The van der Waals surface area contributed by atoms with Gasteiger partial charge in [0.2, 0.25) is 0 Å². The molecule has 0 atom stereocenters. The third-order valence-corrected chi connectivity index (χ3v) is 2.46. The summed E-state index contributed by atoms with van der Waals surface area (Å²) >= 11 is 0. The van der Waals surface area contributed by atoms with Crippen LogP contribution in [0.25, 0.3) is 0 Å². The van der Waals surface area contributed by atoms with Gasteiger partial charge in [-0.15, -0.1) is 10.2 Å². The van der Waals surface area contributed by atoms with Crippen LogP contribution >= 0.6 is 0 Å². The highest BCUT2D eigenvalue weighted by atomic mass is 15.3. The summed E-state index contributed by atoms with van der Waals surface area (Å²) in [6, 6.07) is 0. The van der Waals surface area contributed by atoms with Crippen molar-refractivity contribution in [2.75, 3.05) is 13.1 Å². The van der Waals surface area contributed by atoms with Crippen molar-refractivity contribution in [2.45, 2.75) is 40.8 Å². The van der Waals surface area contributed by atoms with E-state index in [1.54, 1.807) is 0 Å². The lowest BCUT2D eigenvalue weighted by atomic mass is 10.3. The van der Waals surface area contributed by atoms with Crippen LogP contribution in [-0.4, -0.2) is 32.8 Å². The second-order valence-electron chi connectivity index (χ2n) is 3.18. The number of nitrogens with zero attached hydrogens (tertiary/aromatic N) is 4. The van der Waals surface area contributed by atoms with Crippen LogP contribution in [0.1, 0.15) is 32.4 Å². The lowest BCUT2D eigenvalue weighted by molar-refractivity contribution is 0.227. The lowest BCUT2D eigenvalue weighted by Gasteiger charge is -2.25. The smallest absolute Gasteiger partial charge is 0.147 e. The fourth-order valence-corrected chi connectivity index (χ4v) is 1.62. The number of likely N-dealkylation sites (N-methyl/N-ethyl adjacent to an activating group) is 1. The molecule has 0 amide bonds. The predicted octanol–water partition coefficient (Wildman–Crippen LogP) is 1.45. The average Bonchev–Trinajstić information content (AvgIpc) is 2.63. The van der Waals surface area contributed by atoms with Crippen LogP contribution in [-0.2, 0) is 13.1 Å². The Morgan fingerprint density at radius 2 is 1.93 bits per heavy atom. The molecule has 0 saturated carbocycles. The van der Waals surface area contributed by atoms with Gasteiger partial charge in [0.15, 0.2) is 0 Å². The van der Waals surface area contributed by atoms with E-state index in [0.29, 0.717) is 0 Å². The Labute approximate surface area is 85.9 Å². The first-order chi connectivity index (χ1) is 6.81. The molecule has 1 aliphatic rings. The van der Waals surface area contributed by atoms with Gasteiger partial charge in [-0.1, -0.05) is 20.8 Å². The first-order valence-electron chi connectivity index (χ1n) is 5.42. The van der Waals surface area contributed by atoms with Gasteiger partial charge < -0.3 is 4.57 Å². The summed E-state index contributed by atoms with van der Waals surface area (Å²) in [4.78, 5) is 2.38. The van der Waals surface area contributed by atoms with Crippen molar-refractivity contribution in [3.05, 3.63) is 11.6 Å². The van der Waals surface area contributed by atoms with E-state index in [1.807, 2.05) is 20.8 Å². The van der Waals surface area contributed by atoms with E-state index in [4.69, 9.17) is 0 Å². The molecule has 4 heteroatoms. The van der Waals surface area contributed by atoms with E-state index < -0.39 is 0 Å². The van der Waals surface area contributed by atoms with Crippen LogP contribution < -0.4 is 0 Å². The largest absolute Gasteiger partial charge is 0.313 e. The second-order valence-corrected chi connectivity index (χ2v) is 3.18. The molecule has 0 saturated heterocycles. The summed E-state index contributed by atoms with van der Waals surface area (Å²) in [5, 5.41) is 8.18. The summed E-state index contributed by atoms with van der Waals surface area (Å²) in [6.45, 7) is 12.4. The Kier molecular flexibility index (Phi) is 4.07. The van der Waals surface area contributed by atoms with Crippen LogP contribution in [0.15, 0.2) is 0 Å². The molecule has 0 aliphatic carbocycles. The highest BCUT2D eigenvalue weighted by Gasteiger charge is 2.17. The number of aromatic nitrogens is 3. The van der Waals surface area contributed by atoms with E-state index in [1.165, 1.54) is 0 Å². The van der Waals surface area contributed by atoms with Crippen molar-refractivity contribution in [3.63, 3.8) is 0 Å². The maximum Gasteiger partial charge on any atom is 0.147 e. The first-order valence-corrected chi connectivity index (χ1v) is 5.42. The quantitative estimate of drug-likeness (QED) is 0.681. The minimum Gasteiger partial charge on any atom is -0.313 e. The molecule has 4 nitrogen and oxygen atoms in total. The van der Waals surface area contributed by atoms with Gasteiger partial charge in [0.25, 0.3) is 0 Å². The summed E-state index contributed by atoms with van der Waals surface area (Å²) in [7, 11) is 0. The molecule has 1 aromatic heterocycles. The summed E-state index contributed by atoms with van der Waals surface area (Å²) in [5.41, 5.74) is 0. The molecular weight excluding hydrogens is 176 g/mol. The standard InChI is InChI=1S/C8H14N4.C2H6/c1-3-11-4-5-12-7(2)9-10-8(12)6-11;1-2/h3-6H2,1-2H3;1-2H3. The number of hydrogen-bond donors (Lipinski definition) is 0. The molecule has 14 heavy (non-hydrogen) atoms. The van der Waals surface area contributed by atoms with Gasteiger partial charge in [-0.25, -0.2) is 0 Å². The zero-order valence-electron chi connectivity index (χ0n) is 9.62. The minimum atomic E-state index is 0.956. The van der Waals surface area contributed by atoms with E-state index in [-0.39, 0.29) is 0 Å². The van der Waals surface area contributed by atoms with E-state index in [2.05, 4.69) is 26.6 Å². The zero-order valence-corrected chi connectivity index (χ0v) is 9.62. The molecule has 1 aliphatic heterocycles. The Hall–Kier alpha value is -0.900. The van der Waals surface area contributed by atoms with Crippen molar-refractivity contribution in [1.29, 1.82) is 0 Å². The summed E-state index contributed by atoms with van der Waals surface area (Å²) in [5.74, 6) is 2.15. The van der Waals surface area contributed by atoms with Gasteiger partial charge >= 0.3 is 0 Å². The molecule has 0 unspecified atom stereocenters. The lowest BCUT2D eigenvalue weighted by Crippen LogP contribution is -2.33. The molecule has 0 radical (unpaired) electrons. The van der Waals surface area contributed by atoms with Crippen molar-refractivity contribution in [2.24, 2.45) is 0 Å². The van der Waals surface area contributed by atoms with Crippen molar-refractivity contribution >= 4 is 0 Å². The van der Waals surface area contributed by atoms with Gasteiger partial charge in [-0.3, -0.25) is 4.90 Å². The van der Waals surface area contributed by atoms with Crippen LogP contribution in [0.2, 0.25) is 0 Å². The number of hydrogen-bond acceptors (Lipinski definition) is 3. The van der Waals surface area contributed by atoms with Gasteiger partial charge in [-0.05, 0) is 13.5 Å². The van der Waals surface area contributed by atoms with Crippen molar-refractivity contribution in [3.8, 4) is 0 Å². The Bertz CT molecular complexity index is 280. The third kappa shape index (κ3) is 2.12. The van der Waals surface area contributed by atoms with Crippen LogP contribution in [0, 0.1) is 6.92 Å². The summed E-state index contributed by atoms with van der Waals surface area (Å²) < 4.78 is 2.20. The monoisotopic (exact) mass is 196 g/mol. The van der Waals surface area contributed by atoms with Crippen molar-refractivity contribution < 1.29 is 0 Å². The highest BCUT2D eigenvalue weighted by molar-refractivity contribution is 4.96. The van der Waals surface area contributed by atoms with Gasteiger partial charge in [0.1, 0.15) is 11.6 Å². The Morgan fingerprint density at radius 3 is 2.57 bits per heavy atom. The molecule has 1 aromatic rings. The van der Waals surface area contributed by atoms with Crippen LogP contribution in [0.4, 0.5) is 0 Å². The van der Waals surface area contributed by atoms with Crippen LogP contribution in [0.5, 0.6) is 0 Å². The molecular formula is C10H20N4. The fourth-order valence-electron chi connectivity index (χ4n) is 1.62. The van der Waals surface area contributed by atoms with Gasteiger partial charge in [-0.2, -0.15) is 0 Å². The van der Waals surface area contributed by atoms with E-state index in [9.17, 15) is 0 Å². The fraction of sp³-hybridized carbons (Fsp3) is 0.800. The second kappa shape index (κ2) is 5.10. The van der Waals surface area contributed by atoms with Crippen LogP contribution in [0.3, 0.4) is 0 Å². The first kappa shape index (κ1) is 11.2. The van der Waals surface area contributed by atoms with Gasteiger partial charge in [0, 0.05) is 13.1 Å². The number of aryl methyl sites for hydroxylation is 1. The number of rotatable bonds is 1. The zero-order chi connectivity index (χ0) is 10.6. The summed E-state index contributed by atoms with van der Waals surface area (Å²) in [6.07, 6.45) is 0. The third-order valence-electron chi connectivity index (χ3n) is 2.46. The predicted molar refractivity (Wildman–Crippen MR) is 57.1 cm³/mol. The molecule has 2 heterocycles. The molecule has 0 spiro atoms. The van der Waals surface area contributed by atoms with Gasteiger partial charge in [0.05, 0.1) is 6.54 Å². The van der Waals surface area contributed by atoms with E-state index in [0.717, 1.165) is 37.8 Å². The van der Waals surface area contributed by atoms with Crippen molar-refractivity contribution in [1.82, 2.24) is 19.7 Å². The van der Waals surface area contributed by atoms with E-state index >= 15 is 0 Å². The molecule has 0 N–H and O–H groups in total. The molecule has 0 aromatic carbocycles. The SMILES string of the molecule is CC.CCN1CCn2c(C)nnc2C1. The topological polar surface area (TPSA) is 34.0 Å². The minimum absolute atomic E-state index is 0.956. The maximum atomic E-state index is 4.13. The maximum absolute atomic E-state index is 4.13. The molecule has 80 valence electrons. The Balaban J connectivity index is 0.000000461. The Morgan fingerprint density at radius 1 is 1.21 bits per heavy atom. The molecule has 2 rings (SSSR count). The highest BCUT2D eigenvalue weighted by Crippen LogP contribution is 2.10. The average molecular weight is 196 g/mol. The normalized spacial score (nSPS) is 15.7.